The maximum Gasteiger partial charge on any atom is 0.132 e. The van der Waals surface area contributed by atoms with E-state index in [2.05, 4.69) is 20.6 Å². The van der Waals surface area contributed by atoms with Crippen molar-refractivity contribution in [2.75, 3.05) is 0 Å². The van der Waals surface area contributed by atoms with Crippen LogP contribution < -0.4 is 0 Å². The Labute approximate surface area is 195 Å². The fourth-order valence-corrected chi connectivity index (χ4v) is 0.250. The predicted octanol–water partition coefficient (Wildman–Crippen LogP) is 6.88. The Kier molecular flexibility index (Phi) is 724. The molecule has 0 rings (SSSR count). The van der Waals surface area contributed by atoms with Gasteiger partial charge in [-0.05, 0) is 0 Å². The van der Waals surface area contributed by atoms with E-state index in [1.807, 2.05) is 69.2 Å². The fourth-order valence-electron chi connectivity index (χ4n) is 0.250. The molecular formula is C18H45O2Y2-3. The van der Waals surface area contributed by atoms with E-state index in [4.69, 9.17) is 4.79 Å². The topological polar surface area (TPSA) is 34.1 Å². The van der Waals surface area contributed by atoms with Crippen LogP contribution in [0, 0.1) is 13.8 Å². The molecule has 22 heavy (non-hydrogen) atoms. The zero-order chi connectivity index (χ0) is 19.0. The number of rotatable bonds is 2. The van der Waals surface area contributed by atoms with Crippen LogP contribution in [0.1, 0.15) is 95.9 Å². The van der Waals surface area contributed by atoms with E-state index in [9.17, 15) is 4.79 Å². The van der Waals surface area contributed by atoms with E-state index in [0.29, 0.717) is 18.6 Å². The number of hydrogen-bond acceptors (Lipinski definition) is 2. The summed E-state index contributed by atoms with van der Waals surface area (Å²) in [6.45, 7) is 33.0. The SMILES string of the molecule is CC.CC.CC.CC.CCC(=O)CC.[CH-]=O.[CH2-]C.[CH2-]C.[Y].[Y]. The van der Waals surface area contributed by atoms with Crippen molar-refractivity contribution in [1.29, 1.82) is 0 Å². The second-order valence-electron chi connectivity index (χ2n) is 1.25. The molecule has 2 radical (unpaired) electrons. The molecule has 0 saturated heterocycles. The summed E-state index contributed by atoms with van der Waals surface area (Å²) >= 11 is 0. The van der Waals surface area contributed by atoms with Crippen LogP contribution in [0.15, 0.2) is 0 Å². The molecule has 0 aromatic carbocycles. The van der Waals surface area contributed by atoms with Crippen LogP contribution in [0.25, 0.3) is 0 Å². The van der Waals surface area contributed by atoms with Gasteiger partial charge in [-0.1, -0.05) is 69.2 Å². The van der Waals surface area contributed by atoms with Gasteiger partial charge in [0.25, 0.3) is 0 Å². The van der Waals surface area contributed by atoms with E-state index < -0.39 is 0 Å². The van der Waals surface area contributed by atoms with Gasteiger partial charge in [0.1, 0.15) is 5.78 Å². The second kappa shape index (κ2) is 244. The monoisotopic (exact) mass is 471 g/mol. The van der Waals surface area contributed by atoms with E-state index in [0.717, 1.165) is 0 Å². The third kappa shape index (κ3) is 296. The molecular weight excluding hydrogens is 426 g/mol. The van der Waals surface area contributed by atoms with Crippen molar-refractivity contribution in [3.05, 3.63) is 13.8 Å². The number of carbonyl (C=O) groups is 1. The molecule has 0 N–H and O–H groups in total. The van der Waals surface area contributed by atoms with Crippen molar-refractivity contribution in [2.24, 2.45) is 0 Å². The van der Waals surface area contributed by atoms with E-state index in [1.54, 1.807) is 13.8 Å². The number of carbonyl (C=O) groups excluding carboxylic acids is 2. The zero-order valence-electron chi connectivity index (χ0n) is 17.9. The van der Waals surface area contributed by atoms with Gasteiger partial charge in [0.05, 0.1) is 0 Å². The van der Waals surface area contributed by atoms with E-state index in [1.165, 1.54) is 0 Å². The summed E-state index contributed by atoms with van der Waals surface area (Å²) in [5.74, 6) is 0.343. The minimum Gasteiger partial charge on any atom is -0.545 e. The Balaban J connectivity index is -0.00000000994. The molecule has 0 spiro atoms. The average molecular weight is 471 g/mol. The first-order valence-corrected chi connectivity index (χ1v) is 7.98. The smallest absolute Gasteiger partial charge is 0.132 e. The molecule has 0 aliphatic carbocycles. The average Bonchev–Trinajstić information content (AvgIpc) is 2.66. The van der Waals surface area contributed by atoms with Crippen LogP contribution >= 0.6 is 0 Å². The van der Waals surface area contributed by atoms with Crippen LogP contribution in [0.3, 0.4) is 0 Å². The van der Waals surface area contributed by atoms with Crippen molar-refractivity contribution >= 4 is 12.6 Å². The van der Waals surface area contributed by atoms with Crippen molar-refractivity contribution in [3.63, 3.8) is 0 Å². The van der Waals surface area contributed by atoms with Crippen LogP contribution in [0.2, 0.25) is 0 Å². The predicted molar refractivity (Wildman–Crippen MR) is 99.8 cm³/mol. The maximum atomic E-state index is 10.2. The van der Waals surface area contributed by atoms with Crippen LogP contribution in [0.4, 0.5) is 0 Å². The minimum absolute atomic E-state index is 0. The van der Waals surface area contributed by atoms with Gasteiger partial charge < -0.3 is 18.6 Å². The molecule has 0 aromatic rings. The standard InChI is InChI=1S/C5H10O.4C2H6.2C2H5.CHO.2Y/c1-3-5(6)4-2;7*1-2;;/h3-4H2,1-2H3;4*1-2H3;2*1H2,2H3;1H;;/q;;;;;3*-1;;. The third-order valence-corrected chi connectivity index (χ3v) is 0.789. The largest absolute Gasteiger partial charge is 0.545 e. The molecule has 0 saturated carbocycles. The summed E-state index contributed by atoms with van der Waals surface area (Å²) < 4.78 is 0. The number of hydrogen-bond donors (Lipinski definition) is 0. The van der Waals surface area contributed by atoms with Crippen molar-refractivity contribution < 1.29 is 75.0 Å². The molecule has 4 heteroatoms. The summed E-state index contributed by atoms with van der Waals surface area (Å²) in [4.78, 5) is 17.9. The van der Waals surface area contributed by atoms with Crippen molar-refractivity contribution in [3.8, 4) is 0 Å². The Morgan fingerprint density at radius 1 is 0.636 bits per heavy atom. The van der Waals surface area contributed by atoms with Gasteiger partial charge in [-0.3, -0.25) is 11.6 Å². The molecule has 0 heterocycles. The first-order chi connectivity index (χ1) is 9.81. The molecule has 2 nitrogen and oxygen atoms in total. The first-order valence-electron chi connectivity index (χ1n) is 7.98. The third-order valence-electron chi connectivity index (χ3n) is 0.789. The molecule has 0 unspecified atom stereocenters. The molecule has 0 aromatic heterocycles. The van der Waals surface area contributed by atoms with Gasteiger partial charge in [0, 0.05) is 78.3 Å². The maximum absolute atomic E-state index is 10.2. The molecule has 138 valence electrons. The van der Waals surface area contributed by atoms with Crippen LogP contribution in [0.5, 0.6) is 0 Å². The van der Waals surface area contributed by atoms with Gasteiger partial charge in [0.2, 0.25) is 0 Å². The van der Waals surface area contributed by atoms with Gasteiger partial charge in [-0.2, -0.15) is 13.8 Å². The summed E-state index contributed by atoms with van der Waals surface area (Å²) in [6, 6.07) is 0. The van der Waals surface area contributed by atoms with Crippen LogP contribution in [-0.2, 0) is 75.0 Å². The summed E-state index contributed by atoms with van der Waals surface area (Å²) in [6.07, 6.45) is 1.38. The Morgan fingerprint density at radius 3 is 0.727 bits per heavy atom. The minimum atomic E-state index is 0. The Bertz CT molecular complexity index is 66.1. The Hall–Kier alpha value is 1.55. The summed E-state index contributed by atoms with van der Waals surface area (Å²) in [5.41, 5.74) is 0. The molecule has 0 aliphatic rings. The number of Topliss-reactive ketones (excluding diaryl/α,β-unsaturated/α-hetero) is 1. The first kappa shape index (κ1) is 65.2. The second-order valence-corrected chi connectivity index (χ2v) is 1.25. The quantitative estimate of drug-likeness (QED) is 0.325. The van der Waals surface area contributed by atoms with E-state index >= 15 is 0 Å². The molecule has 0 bridgehead atoms. The van der Waals surface area contributed by atoms with Gasteiger partial charge >= 0.3 is 0 Å². The van der Waals surface area contributed by atoms with Crippen molar-refractivity contribution in [1.82, 2.24) is 0 Å². The molecule has 0 aliphatic heterocycles. The number of ketones is 1. The molecule has 0 atom stereocenters. The molecule has 0 amide bonds. The normalized spacial score (nSPS) is 4.09. The summed E-state index contributed by atoms with van der Waals surface area (Å²) in [5, 5.41) is 0. The van der Waals surface area contributed by atoms with Gasteiger partial charge in [-0.15, -0.1) is 0 Å². The molecule has 0 fully saturated rings. The summed E-state index contributed by atoms with van der Waals surface area (Å²) in [7, 11) is 0. The fraction of sp³-hybridized carbons (Fsp3) is 0.778. The van der Waals surface area contributed by atoms with Gasteiger partial charge in [0.15, 0.2) is 0 Å². The van der Waals surface area contributed by atoms with E-state index in [-0.39, 0.29) is 65.4 Å². The zero-order valence-corrected chi connectivity index (χ0v) is 23.6. The van der Waals surface area contributed by atoms with Crippen LogP contribution in [-0.4, -0.2) is 12.6 Å². The van der Waals surface area contributed by atoms with Crippen molar-refractivity contribution in [2.45, 2.75) is 95.9 Å². The Morgan fingerprint density at radius 2 is 0.727 bits per heavy atom. The van der Waals surface area contributed by atoms with Gasteiger partial charge in [-0.25, -0.2) is 0 Å².